The van der Waals surface area contributed by atoms with Crippen LogP contribution < -0.4 is 20.7 Å². The van der Waals surface area contributed by atoms with E-state index in [1.54, 1.807) is 83.1 Å². The minimum Gasteiger partial charge on any atom is -0.494 e. The summed E-state index contributed by atoms with van der Waals surface area (Å²) in [6, 6.07) is 12.9. The monoisotopic (exact) mass is 596 g/mol. The molecule has 0 aliphatic carbocycles. The SMILES string of the molecule is CC(C)[C@@H]1NC(=O)[C@@H](NC(=O)[C@@H](O)[C@H](Cc2ccccc2)N(C(=O)O)C(C)(C)C)Cc2ccc(cc2)OCCCNC1=O. The van der Waals surface area contributed by atoms with Crippen LogP contribution in [0.25, 0.3) is 0 Å². The number of nitrogens with one attached hydrogen (secondary N) is 3. The maximum atomic E-state index is 13.6. The average molecular weight is 597 g/mol. The second-order valence-electron chi connectivity index (χ2n) is 12.2. The van der Waals surface area contributed by atoms with Gasteiger partial charge in [0.1, 0.15) is 17.8 Å². The first kappa shape index (κ1) is 33.4. The molecule has 4 rings (SSSR count). The molecule has 234 valence electrons. The topological polar surface area (TPSA) is 157 Å². The van der Waals surface area contributed by atoms with Crippen LogP contribution in [0.3, 0.4) is 0 Å². The zero-order chi connectivity index (χ0) is 31.7. The van der Waals surface area contributed by atoms with Crippen molar-refractivity contribution in [2.24, 2.45) is 5.92 Å². The zero-order valence-corrected chi connectivity index (χ0v) is 25.5. The average Bonchev–Trinajstić information content (AvgIpc) is 2.94. The maximum absolute atomic E-state index is 13.6. The fourth-order valence-corrected chi connectivity index (χ4v) is 5.10. The number of aliphatic hydroxyl groups is 1. The minimum absolute atomic E-state index is 0.0578. The van der Waals surface area contributed by atoms with Crippen molar-refractivity contribution in [2.45, 2.75) is 83.6 Å². The third-order valence-corrected chi connectivity index (χ3v) is 7.31. The molecule has 4 atom stereocenters. The van der Waals surface area contributed by atoms with Gasteiger partial charge in [-0.15, -0.1) is 0 Å². The Balaban J connectivity index is 1.94. The fourth-order valence-electron chi connectivity index (χ4n) is 5.10. The van der Waals surface area contributed by atoms with Gasteiger partial charge in [-0.05, 0) is 62.8 Å². The molecular formula is C32H44N4O7. The third-order valence-electron chi connectivity index (χ3n) is 7.31. The van der Waals surface area contributed by atoms with Crippen molar-refractivity contribution in [3.63, 3.8) is 0 Å². The van der Waals surface area contributed by atoms with Crippen LogP contribution in [0.15, 0.2) is 54.6 Å². The van der Waals surface area contributed by atoms with Gasteiger partial charge in [0.2, 0.25) is 11.8 Å². The summed E-state index contributed by atoms with van der Waals surface area (Å²) < 4.78 is 5.74. The van der Waals surface area contributed by atoms with E-state index >= 15 is 0 Å². The number of benzene rings is 2. The smallest absolute Gasteiger partial charge is 0.408 e. The highest BCUT2D eigenvalue weighted by Gasteiger charge is 2.41. The number of carbonyl (C=O) groups excluding carboxylic acids is 3. The number of hydrogen-bond donors (Lipinski definition) is 5. The highest BCUT2D eigenvalue weighted by molar-refractivity contribution is 5.93. The molecule has 4 amide bonds. The summed E-state index contributed by atoms with van der Waals surface area (Å²) in [4.78, 5) is 53.7. The third kappa shape index (κ3) is 9.44. The number of hydrogen-bond acceptors (Lipinski definition) is 6. The standard InChI is InChI=1S/C32H44N4O7/c1-20(2)26-29(39)33-16-9-17-43-23-14-12-22(13-15-23)18-24(28(38)35-26)34-30(40)27(37)25(19-21-10-7-6-8-11-21)36(31(41)42)32(3,4)5/h6-8,10-15,20,24-27,37H,9,16-19H2,1-5H3,(H,33,39)(H,34,40)(H,35,38)(H,41,42)/t24-,25-,26-,27-/m0/s1. The molecule has 11 heteroatoms. The molecule has 2 heterocycles. The summed E-state index contributed by atoms with van der Waals surface area (Å²) >= 11 is 0. The van der Waals surface area contributed by atoms with Crippen molar-refractivity contribution in [3.05, 3.63) is 65.7 Å². The normalized spacial score (nSPS) is 19.6. The molecule has 2 aromatic carbocycles. The maximum Gasteiger partial charge on any atom is 0.408 e. The van der Waals surface area contributed by atoms with Crippen LogP contribution in [0.4, 0.5) is 4.79 Å². The van der Waals surface area contributed by atoms with Crippen molar-refractivity contribution >= 4 is 23.8 Å². The molecule has 0 aromatic heterocycles. The highest BCUT2D eigenvalue weighted by Crippen LogP contribution is 2.23. The lowest BCUT2D eigenvalue weighted by Gasteiger charge is -2.41. The van der Waals surface area contributed by atoms with Gasteiger partial charge in [-0.3, -0.25) is 19.3 Å². The second-order valence-corrected chi connectivity index (χ2v) is 12.2. The van der Waals surface area contributed by atoms with E-state index in [9.17, 15) is 29.4 Å². The Morgan fingerprint density at radius 1 is 1.05 bits per heavy atom. The largest absolute Gasteiger partial charge is 0.494 e. The molecule has 5 N–H and O–H groups in total. The molecule has 2 aliphatic heterocycles. The summed E-state index contributed by atoms with van der Waals surface area (Å²) in [7, 11) is 0. The first-order valence-corrected chi connectivity index (χ1v) is 14.6. The Hall–Kier alpha value is -4.12. The van der Waals surface area contributed by atoms with E-state index in [0.29, 0.717) is 30.9 Å². The predicted octanol–water partition coefficient (Wildman–Crippen LogP) is 2.50. The van der Waals surface area contributed by atoms with Crippen molar-refractivity contribution in [3.8, 4) is 5.75 Å². The van der Waals surface area contributed by atoms with E-state index in [1.807, 2.05) is 6.07 Å². The first-order chi connectivity index (χ1) is 20.3. The summed E-state index contributed by atoms with van der Waals surface area (Å²) in [6.07, 6.45) is -2.40. The van der Waals surface area contributed by atoms with Gasteiger partial charge >= 0.3 is 6.09 Å². The van der Waals surface area contributed by atoms with Gasteiger partial charge in [-0.25, -0.2) is 4.79 Å². The number of carbonyl (C=O) groups is 4. The Morgan fingerprint density at radius 2 is 1.70 bits per heavy atom. The fraction of sp³-hybridized carbons (Fsp3) is 0.500. The first-order valence-electron chi connectivity index (χ1n) is 14.6. The number of aliphatic hydroxyl groups excluding tert-OH is 1. The molecule has 0 radical (unpaired) electrons. The molecule has 43 heavy (non-hydrogen) atoms. The van der Waals surface area contributed by atoms with Crippen LogP contribution in [0.1, 0.15) is 52.2 Å². The van der Waals surface area contributed by atoms with Gasteiger partial charge in [-0.2, -0.15) is 0 Å². The number of nitrogens with zero attached hydrogens (tertiary/aromatic N) is 1. The van der Waals surface area contributed by atoms with E-state index in [1.165, 1.54) is 0 Å². The van der Waals surface area contributed by atoms with Gasteiger partial charge in [0.15, 0.2) is 6.10 Å². The Morgan fingerprint density at radius 3 is 2.28 bits per heavy atom. The lowest BCUT2D eigenvalue weighted by atomic mass is 9.94. The van der Waals surface area contributed by atoms with E-state index in [4.69, 9.17) is 4.74 Å². The number of rotatable bonds is 7. The molecule has 0 unspecified atom stereocenters. The van der Waals surface area contributed by atoms with Crippen LogP contribution in [0.2, 0.25) is 0 Å². The number of amides is 4. The lowest BCUT2D eigenvalue weighted by Crippen LogP contribution is -2.62. The zero-order valence-electron chi connectivity index (χ0n) is 25.5. The van der Waals surface area contributed by atoms with Crippen molar-refractivity contribution in [2.75, 3.05) is 13.2 Å². The summed E-state index contributed by atoms with van der Waals surface area (Å²) in [5, 5.41) is 29.8. The minimum atomic E-state index is -1.81. The molecule has 0 saturated heterocycles. The second kappa shape index (κ2) is 14.9. The van der Waals surface area contributed by atoms with E-state index < -0.39 is 47.7 Å². The summed E-state index contributed by atoms with van der Waals surface area (Å²) in [6.45, 7) is 9.42. The molecule has 2 aromatic rings. The van der Waals surface area contributed by atoms with Gasteiger partial charge in [-0.1, -0.05) is 56.3 Å². The molecule has 11 nitrogen and oxygen atoms in total. The molecule has 2 bridgehead atoms. The van der Waals surface area contributed by atoms with Gasteiger partial charge < -0.3 is 30.9 Å². The number of fused-ring (bicyclic) bond motifs is 12. The molecular weight excluding hydrogens is 552 g/mol. The van der Waals surface area contributed by atoms with Crippen LogP contribution in [0, 0.1) is 5.92 Å². The molecule has 0 saturated carbocycles. The van der Waals surface area contributed by atoms with E-state index in [0.717, 1.165) is 10.5 Å². The van der Waals surface area contributed by atoms with Gasteiger partial charge in [0.05, 0.1) is 12.6 Å². The van der Waals surface area contributed by atoms with Gasteiger partial charge in [0.25, 0.3) is 5.91 Å². The molecule has 2 aliphatic rings. The van der Waals surface area contributed by atoms with Crippen LogP contribution in [-0.2, 0) is 27.2 Å². The molecule has 0 fully saturated rings. The number of carboxylic acid groups (broad SMARTS) is 1. The van der Waals surface area contributed by atoms with Crippen molar-refractivity contribution < 1.29 is 34.1 Å². The Labute approximate surface area is 253 Å². The van der Waals surface area contributed by atoms with Crippen molar-refractivity contribution in [1.82, 2.24) is 20.9 Å². The molecule has 0 spiro atoms. The van der Waals surface area contributed by atoms with Crippen LogP contribution in [-0.4, -0.2) is 81.8 Å². The summed E-state index contributed by atoms with van der Waals surface area (Å²) in [5.74, 6) is -1.48. The predicted molar refractivity (Wildman–Crippen MR) is 162 cm³/mol. The van der Waals surface area contributed by atoms with Crippen LogP contribution >= 0.6 is 0 Å². The number of ether oxygens (including phenoxy) is 1. The lowest BCUT2D eigenvalue weighted by molar-refractivity contribution is -0.138. The van der Waals surface area contributed by atoms with E-state index in [2.05, 4.69) is 16.0 Å². The highest BCUT2D eigenvalue weighted by atomic mass is 16.5. The summed E-state index contributed by atoms with van der Waals surface area (Å²) in [5.41, 5.74) is 0.495. The van der Waals surface area contributed by atoms with E-state index in [-0.39, 0.29) is 24.7 Å². The Kier molecular flexibility index (Phi) is 11.5. The van der Waals surface area contributed by atoms with Gasteiger partial charge in [0, 0.05) is 18.5 Å². The van der Waals surface area contributed by atoms with Crippen molar-refractivity contribution in [1.29, 1.82) is 0 Å². The Bertz CT molecular complexity index is 1240. The quantitative estimate of drug-likeness (QED) is 0.329. The van der Waals surface area contributed by atoms with Crippen LogP contribution in [0.5, 0.6) is 5.75 Å².